The Morgan fingerprint density at radius 2 is 2.00 bits per heavy atom. The van der Waals surface area contributed by atoms with E-state index in [0.29, 0.717) is 13.1 Å². The van der Waals surface area contributed by atoms with Gasteiger partial charge in [-0.2, -0.15) is 11.3 Å². The van der Waals surface area contributed by atoms with Crippen molar-refractivity contribution in [1.82, 2.24) is 4.90 Å². The van der Waals surface area contributed by atoms with Gasteiger partial charge in [-0.1, -0.05) is 26.7 Å². The molecule has 0 aliphatic carbocycles. The summed E-state index contributed by atoms with van der Waals surface area (Å²) in [6.45, 7) is 5.50. The molecule has 120 valence electrons. The van der Waals surface area contributed by atoms with Crippen molar-refractivity contribution in [2.75, 3.05) is 0 Å². The Labute approximate surface area is 136 Å². The minimum absolute atomic E-state index is 0.128. The molecule has 0 saturated carbocycles. The first-order valence-corrected chi connectivity index (χ1v) is 9.01. The van der Waals surface area contributed by atoms with E-state index in [4.69, 9.17) is 4.42 Å². The third kappa shape index (κ3) is 4.73. The molecule has 0 aromatic carbocycles. The minimum atomic E-state index is 0.128. The molecule has 0 fully saturated rings. The van der Waals surface area contributed by atoms with E-state index < -0.39 is 0 Å². The van der Waals surface area contributed by atoms with E-state index in [1.165, 1.54) is 5.56 Å². The Morgan fingerprint density at radius 1 is 1.23 bits per heavy atom. The van der Waals surface area contributed by atoms with Crippen LogP contribution in [0.3, 0.4) is 0 Å². The SMILES string of the molecule is CCCC(CCC)C(=O)N(Cc1ccsc1)Cc1ccco1. The summed E-state index contributed by atoms with van der Waals surface area (Å²) in [6, 6.07) is 5.89. The van der Waals surface area contributed by atoms with Gasteiger partial charge in [0.1, 0.15) is 5.76 Å². The molecule has 4 heteroatoms. The van der Waals surface area contributed by atoms with E-state index in [1.807, 2.05) is 17.0 Å². The molecule has 3 nitrogen and oxygen atoms in total. The van der Waals surface area contributed by atoms with Crippen molar-refractivity contribution < 1.29 is 9.21 Å². The number of hydrogen-bond donors (Lipinski definition) is 0. The normalized spacial score (nSPS) is 11.0. The molecular weight excluding hydrogens is 294 g/mol. The summed E-state index contributed by atoms with van der Waals surface area (Å²) in [5, 5.41) is 4.16. The van der Waals surface area contributed by atoms with Crippen molar-refractivity contribution in [3.8, 4) is 0 Å². The largest absolute Gasteiger partial charge is 0.467 e. The number of rotatable bonds is 9. The molecule has 0 saturated heterocycles. The summed E-state index contributed by atoms with van der Waals surface area (Å²) in [5.41, 5.74) is 1.19. The smallest absolute Gasteiger partial charge is 0.226 e. The first-order chi connectivity index (χ1) is 10.7. The van der Waals surface area contributed by atoms with Gasteiger partial charge in [-0.3, -0.25) is 4.79 Å². The predicted octanol–water partition coefficient (Wildman–Crippen LogP) is 5.09. The molecular formula is C18H25NO2S. The number of carbonyl (C=O) groups excluding carboxylic acids is 1. The summed E-state index contributed by atoms with van der Waals surface area (Å²) in [4.78, 5) is 14.9. The Morgan fingerprint density at radius 3 is 2.55 bits per heavy atom. The van der Waals surface area contributed by atoms with Crippen LogP contribution in [0.5, 0.6) is 0 Å². The fourth-order valence-electron chi connectivity index (χ4n) is 2.75. The lowest BCUT2D eigenvalue weighted by molar-refractivity contribution is -0.137. The topological polar surface area (TPSA) is 33.5 Å². The van der Waals surface area contributed by atoms with Crippen LogP contribution in [-0.2, 0) is 17.9 Å². The highest BCUT2D eigenvalue weighted by molar-refractivity contribution is 7.07. The van der Waals surface area contributed by atoms with E-state index in [-0.39, 0.29) is 11.8 Å². The van der Waals surface area contributed by atoms with Crippen LogP contribution in [0.4, 0.5) is 0 Å². The monoisotopic (exact) mass is 319 g/mol. The van der Waals surface area contributed by atoms with E-state index in [1.54, 1.807) is 17.6 Å². The highest BCUT2D eigenvalue weighted by Gasteiger charge is 2.24. The van der Waals surface area contributed by atoms with Crippen molar-refractivity contribution >= 4 is 17.2 Å². The summed E-state index contributed by atoms with van der Waals surface area (Å²) in [6.07, 6.45) is 5.68. The third-order valence-electron chi connectivity index (χ3n) is 3.82. The average molecular weight is 319 g/mol. The maximum absolute atomic E-state index is 13.0. The lowest BCUT2D eigenvalue weighted by atomic mass is 9.96. The molecule has 0 aliphatic heterocycles. The van der Waals surface area contributed by atoms with Gasteiger partial charge in [0.25, 0.3) is 0 Å². The van der Waals surface area contributed by atoms with Gasteiger partial charge in [0.2, 0.25) is 5.91 Å². The van der Waals surface area contributed by atoms with Crippen molar-refractivity contribution in [2.24, 2.45) is 5.92 Å². The molecule has 0 bridgehead atoms. The number of amides is 1. The second-order valence-corrected chi connectivity index (χ2v) is 6.46. The highest BCUT2D eigenvalue weighted by atomic mass is 32.1. The van der Waals surface area contributed by atoms with Crippen molar-refractivity contribution in [2.45, 2.75) is 52.6 Å². The molecule has 22 heavy (non-hydrogen) atoms. The molecule has 0 spiro atoms. The van der Waals surface area contributed by atoms with Gasteiger partial charge < -0.3 is 9.32 Å². The van der Waals surface area contributed by atoms with E-state index in [2.05, 4.69) is 30.7 Å². The fourth-order valence-corrected chi connectivity index (χ4v) is 3.41. The average Bonchev–Trinajstić information content (AvgIpc) is 3.19. The maximum Gasteiger partial charge on any atom is 0.226 e. The van der Waals surface area contributed by atoms with Crippen LogP contribution in [0.1, 0.15) is 50.9 Å². The minimum Gasteiger partial charge on any atom is -0.467 e. The zero-order valence-electron chi connectivity index (χ0n) is 13.5. The molecule has 0 atom stereocenters. The molecule has 1 amide bonds. The number of nitrogens with zero attached hydrogens (tertiary/aromatic N) is 1. The van der Waals surface area contributed by atoms with E-state index >= 15 is 0 Å². The summed E-state index contributed by atoms with van der Waals surface area (Å²) >= 11 is 1.67. The lowest BCUT2D eigenvalue weighted by Crippen LogP contribution is -2.35. The number of hydrogen-bond acceptors (Lipinski definition) is 3. The summed E-state index contributed by atoms with van der Waals surface area (Å²) < 4.78 is 5.44. The van der Waals surface area contributed by atoms with Crippen LogP contribution in [-0.4, -0.2) is 10.8 Å². The van der Waals surface area contributed by atoms with Crippen molar-refractivity contribution in [3.63, 3.8) is 0 Å². The molecule has 2 heterocycles. The Balaban J connectivity index is 2.12. The van der Waals surface area contributed by atoms with Gasteiger partial charge in [0, 0.05) is 12.5 Å². The Kier molecular flexibility index (Phi) is 6.72. The van der Waals surface area contributed by atoms with Crippen LogP contribution < -0.4 is 0 Å². The Bertz CT molecular complexity index is 491. The van der Waals surface area contributed by atoms with Crippen LogP contribution in [0, 0.1) is 5.92 Å². The van der Waals surface area contributed by atoms with Gasteiger partial charge in [0.05, 0.1) is 12.8 Å². The molecule has 2 rings (SSSR count). The van der Waals surface area contributed by atoms with Gasteiger partial charge >= 0.3 is 0 Å². The number of furan rings is 1. The second kappa shape index (κ2) is 8.79. The maximum atomic E-state index is 13.0. The molecule has 0 N–H and O–H groups in total. The van der Waals surface area contributed by atoms with Crippen molar-refractivity contribution in [3.05, 3.63) is 46.5 Å². The zero-order valence-corrected chi connectivity index (χ0v) is 14.3. The first kappa shape index (κ1) is 16.8. The standard InChI is InChI=1S/C18H25NO2S/c1-3-6-16(7-4-2)18(20)19(12-15-9-11-22-14-15)13-17-8-5-10-21-17/h5,8-11,14,16H,3-4,6-7,12-13H2,1-2H3. The predicted molar refractivity (Wildman–Crippen MR) is 90.6 cm³/mol. The second-order valence-electron chi connectivity index (χ2n) is 5.68. The summed E-state index contributed by atoms with van der Waals surface area (Å²) in [7, 11) is 0. The Hall–Kier alpha value is -1.55. The quantitative estimate of drug-likeness (QED) is 0.645. The van der Waals surface area contributed by atoms with Gasteiger partial charge in [-0.15, -0.1) is 0 Å². The number of carbonyl (C=O) groups is 1. The van der Waals surface area contributed by atoms with Crippen molar-refractivity contribution in [1.29, 1.82) is 0 Å². The zero-order chi connectivity index (χ0) is 15.8. The third-order valence-corrected chi connectivity index (χ3v) is 4.55. The first-order valence-electron chi connectivity index (χ1n) is 8.06. The van der Waals surface area contributed by atoms with Gasteiger partial charge in [0.15, 0.2) is 0 Å². The van der Waals surface area contributed by atoms with Crippen LogP contribution in [0.25, 0.3) is 0 Å². The highest BCUT2D eigenvalue weighted by Crippen LogP contribution is 2.21. The van der Waals surface area contributed by atoms with Crippen LogP contribution in [0.15, 0.2) is 39.6 Å². The molecule has 0 aliphatic rings. The lowest BCUT2D eigenvalue weighted by Gasteiger charge is -2.26. The van der Waals surface area contributed by atoms with Gasteiger partial charge in [-0.25, -0.2) is 0 Å². The molecule has 2 aromatic rings. The molecule has 0 unspecified atom stereocenters. The van der Waals surface area contributed by atoms with E-state index in [0.717, 1.165) is 31.4 Å². The van der Waals surface area contributed by atoms with Crippen LogP contribution in [0.2, 0.25) is 0 Å². The van der Waals surface area contributed by atoms with Gasteiger partial charge in [-0.05, 0) is 47.4 Å². The molecule has 2 aromatic heterocycles. The number of thiophene rings is 1. The van der Waals surface area contributed by atoms with E-state index in [9.17, 15) is 4.79 Å². The fraction of sp³-hybridized carbons (Fsp3) is 0.500. The molecule has 0 radical (unpaired) electrons. The summed E-state index contributed by atoms with van der Waals surface area (Å²) in [5.74, 6) is 1.23. The van der Waals surface area contributed by atoms with Crippen LogP contribution >= 0.6 is 11.3 Å².